The molecule has 0 saturated heterocycles. The fourth-order valence-corrected chi connectivity index (χ4v) is 2.48. The van der Waals surface area contributed by atoms with Crippen LogP contribution >= 0.6 is 0 Å². The predicted molar refractivity (Wildman–Crippen MR) is 97.6 cm³/mol. The van der Waals surface area contributed by atoms with Gasteiger partial charge < -0.3 is 14.8 Å². The number of hydrogen-bond donors (Lipinski definition) is 1. The standard InChI is InChI=1S/C19H15F2N3O4/c1-27-18-10-16(17(24(25)26)9-15(18)21)23-11-12-4-3-7-22-19(12)28-14-6-2-5-13(20)8-14/h2-10,23H,11H2,1H3. The zero-order valence-corrected chi connectivity index (χ0v) is 14.7. The van der Waals surface area contributed by atoms with Gasteiger partial charge in [-0.3, -0.25) is 10.1 Å². The Labute approximate surface area is 158 Å². The molecule has 0 aliphatic carbocycles. The number of aromatic nitrogens is 1. The van der Waals surface area contributed by atoms with Crippen LogP contribution in [-0.4, -0.2) is 17.0 Å². The van der Waals surface area contributed by atoms with Crippen LogP contribution in [0.2, 0.25) is 0 Å². The van der Waals surface area contributed by atoms with Crippen LogP contribution in [0.3, 0.4) is 0 Å². The second-order valence-electron chi connectivity index (χ2n) is 5.64. The molecule has 9 heteroatoms. The number of nitro groups is 1. The van der Waals surface area contributed by atoms with Crippen molar-refractivity contribution in [2.24, 2.45) is 0 Å². The highest BCUT2D eigenvalue weighted by Gasteiger charge is 2.19. The number of rotatable bonds is 7. The van der Waals surface area contributed by atoms with Gasteiger partial charge in [-0.2, -0.15) is 0 Å². The average Bonchev–Trinajstić information content (AvgIpc) is 2.67. The van der Waals surface area contributed by atoms with Gasteiger partial charge in [0.05, 0.1) is 18.1 Å². The normalized spacial score (nSPS) is 10.4. The van der Waals surface area contributed by atoms with Crippen LogP contribution in [0.5, 0.6) is 17.4 Å². The first kappa shape index (κ1) is 19.0. The minimum Gasteiger partial charge on any atom is -0.494 e. The average molecular weight is 387 g/mol. The van der Waals surface area contributed by atoms with Crippen LogP contribution in [-0.2, 0) is 6.54 Å². The molecule has 1 N–H and O–H groups in total. The number of nitro benzene ring substituents is 1. The van der Waals surface area contributed by atoms with Crippen molar-refractivity contribution < 1.29 is 23.2 Å². The summed E-state index contributed by atoms with van der Waals surface area (Å²) in [5.74, 6) is -0.958. The van der Waals surface area contributed by atoms with E-state index in [1.54, 1.807) is 18.2 Å². The second kappa shape index (κ2) is 8.30. The summed E-state index contributed by atoms with van der Waals surface area (Å²) >= 11 is 0. The van der Waals surface area contributed by atoms with Crippen molar-refractivity contribution in [3.63, 3.8) is 0 Å². The minimum absolute atomic E-state index is 0.0730. The second-order valence-corrected chi connectivity index (χ2v) is 5.64. The van der Waals surface area contributed by atoms with Crippen molar-refractivity contribution in [1.82, 2.24) is 4.98 Å². The number of nitrogens with one attached hydrogen (secondary N) is 1. The van der Waals surface area contributed by atoms with Crippen molar-refractivity contribution in [2.75, 3.05) is 12.4 Å². The van der Waals surface area contributed by atoms with Gasteiger partial charge in [-0.1, -0.05) is 12.1 Å². The molecule has 28 heavy (non-hydrogen) atoms. The SMILES string of the molecule is COc1cc(NCc2cccnc2Oc2cccc(F)c2)c([N+](=O)[O-])cc1F. The molecule has 0 unspecified atom stereocenters. The monoisotopic (exact) mass is 387 g/mol. The maximum atomic E-state index is 13.8. The largest absolute Gasteiger partial charge is 0.494 e. The fraction of sp³-hybridized carbons (Fsp3) is 0.105. The number of halogens is 2. The Morgan fingerprint density at radius 2 is 2.00 bits per heavy atom. The number of ether oxygens (including phenoxy) is 2. The molecule has 0 amide bonds. The molecule has 0 radical (unpaired) electrons. The summed E-state index contributed by atoms with van der Waals surface area (Å²) in [5, 5.41) is 14.1. The van der Waals surface area contributed by atoms with Crippen LogP contribution < -0.4 is 14.8 Å². The number of benzene rings is 2. The predicted octanol–water partition coefficient (Wildman–Crippen LogP) is 4.68. The molecule has 7 nitrogen and oxygen atoms in total. The molecule has 0 aliphatic rings. The van der Waals surface area contributed by atoms with Crippen LogP contribution in [0.1, 0.15) is 5.56 Å². The van der Waals surface area contributed by atoms with E-state index >= 15 is 0 Å². The third-order valence-electron chi connectivity index (χ3n) is 3.80. The van der Waals surface area contributed by atoms with E-state index in [-0.39, 0.29) is 29.6 Å². The number of methoxy groups -OCH3 is 1. The van der Waals surface area contributed by atoms with Gasteiger partial charge in [0.1, 0.15) is 17.3 Å². The lowest BCUT2D eigenvalue weighted by molar-refractivity contribution is -0.384. The van der Waals surface area contributed by atoms with E-state index in [0.29, 0.717) is 5.56 Å². The van der Waals surface area contributed by atoms with E-state index in [2.05, 4.69) is 10.3 Å². The van der Waals surface area contributed by atoms with E-state index in [4.69, 9.17) is 9.47 Å². The van der Waals surface area contributed by atoms with E-state index in [1.165, 1.54) is 37.6 Å². The number of anilines is 1. The molecule has 0 atom stereocenters. The zero-order chi connectivity index (χ0) is 20.1. The summed E-state index contributed by atoms with van der Waals surface area (Å²) in [7, 11) is 1.26. The summed E-state index contributed by atoms with van der Waals surface area (Å²) in [6, 6.07) is 10.9. The number of pyridine rings is 1. The van der Waals surface area contributed by atoms with Crippen LogP contribution in [0.4, 0.5) is 20.2 Å². The lowest BCUT2D eigenvalue weighted by atomic mass is 10.2. The Morgan fingerprint density at radius 3 is 2.71 bits per heavy atom. The topological polar surface area (TPSA) is 86.5 Å². The first-order chi connectivity index (χ1) is 13.5. The highest BCUT2D eigenvalue weighted by Crippen LogP contribution is 2.32. The first-order valence-electron chi connectivity index (χ1n) is 8.11. The smallest absolute Gasteiger partial charge is 0.295 e. The van der Waals surface area contributed by atoms with Crippen molar-refractivity contribution in [1.29, 1.82) is 0 Å². The molecule has 2 aromatic carbocycles. The third-order valence-corrected chi connectivity index (χ3v) is 3.80. The third kappa shape index (κ3) is 4.32. The molecule has 0 spiro atoms. The molecular weight excluding hydrogens is 372 g/mol. The van der Waals surface area contributed by atoms with Crippen molar-refractivity contribution in [2.45, 2.75) is 6.54 Å². The summed E-state index contributed by atoms with van der Waals surface area (Å²) in [4.78, 5) is 14.6. The fourth-order valence-electron chi connectivity index (χ4n) is 2.48. The molecule has 144 valence electrons. The van der Waals surface area contributed by atoms with Gasteiger partial charge in [-0.05, 0) is 18.2 Å². The molecular formula is C19H15F2N3O4. The van der Waals surface area contributed by atoms with Crippen molar-refractivity contribution in [3.05, 3.63) is 82.0 Å². The molecule has 0 bridgehead atoms. The quantitative estimate of drug-likeness (QED) is 0.468. The lowest BCUT2D eigenvalue weighted by Gasteiger charge is -2.12. The highest BCUT2D eigenvalue weighted by atomic mass is 19.1. The Kier molecular flexibility index (Phi) is 5.64. The van der Waals surface area contributed by atoms with Gasteiger partial charge >= 0.3 is 0 Å². The number of nitrogens with zero attached hydrogens (tertiary/aromatic N) is 2. The Morgan fingerprint density at radius 1 is 1.18 bits per heavy atom. The van der Waals surface area contributed by atoms with Gasteiger partial charge in [0.2, 0.25) is 5.88 Å². The summed E-state index contributed by atoms with van der Waals surface area (Å²) in [5.41, 5.74) is 0.197. The molecule has 3 rings (SSSR count). The lowest BCUT2D eigenvalue weighted by Crippen LogP contribution is -2.06. The minimum atomic E-state index is -0.837. The van der Waals surface area contributed by atoms with E-state index in [1.807, 2.05) is 0 Å². The maximum absolute atomic E-state index is 13.8. The summed E-state index contributed by atoms with van der Waals surface area (Å²) in [6.07, 6.45) is 1.50. The molecule has 1 aromatic heterocycles. The van der Waals surface area contributed by atoms with E-state index < -0.39 is 22.2 Å². The molecule has 3 aromatic rings. The van der Waals surface area contributed by atoms with E-state index in [9.17, 15) is 18.9 Å². The van der Waals surface area contributed by atoms with Gasteiger partial charge in [0.15, 0.2) is 11.6 Å². The van der Waals surface area contributed by atoms with Gasteiger partial charge in [-0.25, -0.2) is 13.8 Å². The Balaban J connectivity index is 1.85. The summed E-state index contributed by atoms with van der Waals surface area (Å²) in [6.45, 7) is 0.0914. The van der Waals surface area contributed by atoms with Crippen molar-refractivity contribution >= 4 is 11.4 Å². The van der Waals surface area contributed by atoms with Gasteiger partial charge in [0, 0.05) is 30.4 Å². The van der Waals surface area contributed by atoms with E-state index in [0.717, 1.165) is 6.07 Å². The first-order valence-corrected chi connectivity index (χ1v) is 8.11. The molecule has 0 aliphatic heterocycles. The molecule has 0 saturated carbocycles. The van der Waals surface area contributed by atoms with Gasteiger partial charge in [-0.15, -0.1) is 0 Å². The molecule has 0 fully saturated rings. The number of hydrogen-bond acceptors (Lipinski definition) is 6. The van der Waals surface area contributed by atoms with Crippen LogP contribution in [0, 0.1) is 21.7 Å². The van der Waals surface area contributed by atoms with Crippen LogP contribution in [0.25, 0.3) is 0 Å². The Hall–Kier alpha value is -3.75. The maximum Gasteiger partial charge on any atom is 0.295 e. The van der Waals surface area contributed by atoms with Gasteiger partial charge in [0.25, 0.3) is 5.69 Å². The molecule has 1 heterocycles. The zero-order valence-electron chi connectivity index (χ0n) is 14.7. The Bertz CT molecular complexity index is 1010. The summed E-state index contributed by atoms with van der Waals surface area (Å²) < 4.78 is 37.6. The highest BCUT2D eigenvalue weighted by molar-refractivity contribution is 5.65. The van der Waals surface area contributed by atoms with Crippen molar-refractivity contribution in [3.8, 4) is 17.4 Å². The van der Waals surface area contributed by atoms with Crippen LogP contribution in [0.15, 0.2) is 54.7 Å².